The first-order valence-corrected chi connectivity index (χ1v) is 4.68. The van der Waals surface area contributed by atoms with Gasteiger partial charge in [-0.2, -0.15) is 0 Å². The summed E-state index contributed by atoms with van der Waals surface area (Å²) in [5, 5.41) is 0. The van der Waals surface area contributed by atoms with Crippen molar-refractivity contribution >= 4 is 5.78 Å². The number of Topliss-reactive ketones (excluding diaryl/α,β-unsaturated/α-hetero) is 1. The molecule has 0 aromatic heterocycles. The average molecular weight is 170 g/mol. The molecule has 1 aliphatic rings. The molecule has 0 aliphatic heterocycles. The topological polar surface area (TPSA) is 26.3 Å². The molecule has 1 rings (SSSR count). The number of hydrogen-bond donors (Lipinski definition) is 0. The normalized spacial score (nSPS) is 25.4. The summed E-state index contributed by atoms with van der Waals surface area (Å²) in [5.41, 5.74) is 0.257. The molecule has 70 valence electrons. The lowest BCUT2D eigenvalue weighted by atomic mass is 10.1. The van der Waals surface area contributed by atoms with E-state index in [4.69, 9.17) is 4.74 Å². The van der Waals surface area contributed by atoms with Crippen LogP contribution < -0.4 is 0 Å². The predicted molar refractivity (Wildman–Crippen MR) is 48.0 cm³/mol. The molecule has 0 aromatic rings. The fraction of sp³-hybridized carbons (Fsp3) is 0.900. The second-order valence-electron chi connectivity index (χ2n) is 4.26. The molecular weight excluding hydrogens is 152 g/mol. The summed E-state index contributed by atoms with van der Waals surface area (Å²) < 4.78 is 5.19. The van der Waals surface area contributed by atoms with E-state index in [1.807, 2.05) is 6.92 Å². The van der Waals surface area contributed by atoms with E-state index in [0.717, 1.165) is 12.8 Å². The molecule has 0 saturated heterocycles. The lowest BCUT2D eigenvalue weighted by molar-refractivity contribution is -0.125. The van der Waals surface area contributed by atoms with Crippen molar-refractivity contribution in [2.45, 2.75) is 33.6 Å². The van der Waals surface area contributed by atoms with Crippen molar-refractivity contribution in [3.63, 3.8) is 0 Å². The Morgan fingerprint density at radius 2 is 2.17 bits per heavy atom. The molecule has 0 N–H and O–H groups in total. The van der Waals surface area contributed by atoms with Crippen molar-refractivity contribution in [2.24, 2.45) is 11.3 Å². The molecule has 0 aromatic carbocycles. The van der Waals surface area contributed by atoms with Crippen LogP contribution in [0.15, 0.2) is 0 Å². The number of hydrogen-bond acceptors (Lipinski definition) is 2. The van der Waals surface area contributed by atoms with Gasteiger partial charge in [-0.3, -0.25) is 4.79 Å². The molecular formula is C10H18O2. The Balaban J connectivity index is 2.14. The number of carbonyl (C=O) groups is 1. The Hall–Kier alpha value is -0.370. The van der Waals surface area contributed by atoms with E-state index in [9.17, 15) is 4.79 Å². The Kier molecular flexibility index (Phi) is 2.89. The summed E-state index contributed by atoms with van der Waals surface area (Å²) in [4.78, 5) is 11.4. The van der Waals surface area contributed by atoms with Gasteiger partial charge in [-0.05, 0) is 18.3 Å². The smallest absolute Gasteiger partial charge is 0.162 e. The van der Waals surface area contributed by atoms with E-state index in [-0.39, 0.29) is 17.1 Å². The fourth-order valence-corrected chi connectivity index (χ4v) is 1.43. The first-order chi connectivity index (χ1) is 5.58. The van der Waals surface area contributed by atoms with E-state index in [1.165, 1.54) is 0 Å². The van der Waals surface area contributed by atoms with E-state index < -0.39 is 0 Å². The highest BCUT2D eigenvalue weighted by Gasteiger charge is 2.49. The van der Waals surface area contributed by atoms with Gasteiger partial charge < -0.3 is 4.74 Å². The summed E-state index contributed by atoms with van der Waals surface area (Å²) in [6, 6.07) is 0. The van der Waals surface area contributed by atoms with Crippen molar-refractivity contribution in [3.8, 4) is 0 Å². The number of ketones is 1. The average Bonchev–Trinajstić information content (AvgIpc) is 2.60. The standard InChI is InChI=1S/C10H18O2/c1-4-5-12-7-9(11)8-6-10(8,2)3/h8H,4-7H2,1-3H3. The van der Waals surface area contributed by atoms with E-state index in [1.54, 1.807) is 0 Å². The SMILES string of the molecule is CCCOCC(=O)C1CC1(C)C. The second kappa shape index (κ2) is 3.56. The van der Waals surface area contributed by atoms with Gasteiger partial charge in [-0.25, -0.2) is 0 Å². The molecule has 1 fully saturated rings. The summed E-state index contributed by atoms with van der Waals surface area (Å²) in [5.74, 6) is 0.558. The van der Waals surface area contributed by atoms with Crippen LogP contribution in [0.2, 0.25) is 0 Å². The van der Waals surface area contributed by atoms with Gasteiger partial charge in [0.05, 0.1) is 0 Å². The zero-order chi connectivity index (χ0) is 9.19. The molecule has 0 radical (unpaired) electrons. The third-order valence-corrected chi connectivity index (χ3v) is 2.49. The number of rotatable bonds is 5. The minimum absolute atomic E-state index is 0.257. The Labute approximate surface area is 74.3 Å². The highest BCUT2D eigenvalue weighted by atomic mass is 16.5. The minimum atomic E-state index is 0.257. The molecule has 12 heavy (non-hydrogen) atoms. The molecule has 1 aliphatic carbocycles. The van der Waals surface area contributed by atoms with Gasteiger partial charge in [0.1, 0.15) is 6.61 Å². The van der Waals surface area contributed by atoms with Crippen LogP contribution in [0.1, 0.15) is 33.6 Å². The zero-order valence-corrected chi connectivity index (χ0v) is 8.22. The highest BCUT2D eigenvalue weighted by Crippen LogP contribution is 2.51. The van der Waals surface area contributed by atoms with E-state index >= 15 is 0 Å². The zero-order valence-electron chi connectivity index (χ0n) is 8.22. The van der Waals surface area contributed by atoms with Crippen molar-refractivity contribution in [1.82, 2.24) is 0 Å². The van der Waals surface area contributed by atoms with Gasteiger partial charge in [0.25, 0.3) is 0 Å². The lowest BCUT2D eigenvalue weighted by Crippen LogP contribution is -2.13. The van der Waals surface area contributed by atoms with Crippen LogP contribution in [0.5, 0.6) is 0 Å². The highest BCUT2D eigenvalue weighted by molar-refractivity contribution is 5.85. The molecule has 1 atom stereocenters. The summed E-state index contributed by atoms with van der Waals surface area (Å²) >= 11 is 0. The van der Waals surface area contributed by atoms with Crippen molar-refractivity contribution in [3.05, 3.63) is 0 Å². The Bertz CT molecular complexity index is 173. The molecule has 1 saturated carbocycles. The third-order valence-electron chi connectivity index (χ3n) is 2.49. The number of ether oxygens (including phenoxy) is 1. The molecule has 0 spiro atoms. The second-order valence-corrected chi connectivity index (χ2v) is 4.26. The molecule has 0 heterocycles. The maximum atomic E-state index is 11.4. The third kappa shape index (κ3) is 2.31. The van der Waals surface area contributed by atoms with E-state index in [2.05, 4.69) is 13.8 Å². The van der Waals surface area contributed by atoms with Gasteiger partial charge in [-0.15, -0.1) is 0 Å². The molecule has 0 bridgehead atoms. The van der Waals surface area contributed by atoms with Crippen molar-refractivity contribution in [1.29, 1.82) is 0 Å². The summed E-state index contributed by atoms with van der Waals surface area (Å²) in [7, 11) is 0. The maximum absolute atomic E-state index is 11.4. The molecule has 1 unspecified atom stereocenters. The van der Waals surface area contributed by atoms with Gasteiger partial charge in [0, 0.05) is 12.5 Å². The predicted octanol–water partition coefficient (Wildman–Crippen LogP) is 2.03. The Morgan fingerprint density at radius 1 is 1.58 bits per heavy atom. The maximum Gasteiger partial charge on any atom is 0.162 e. The first-order valence-electron chi connectivity index (χ1n) is 4.68. The Morgan fingerprint density at radius 3 is 2.58 bits per heavy atom. The largest absolute Gasteiger partial charge is 0.374 e. The fourth-order valence-electron chi connectivity index (χ4n) is 1.43. The van der Waals surface area contributed by atoms with Crippen LogP contribution in [-0.4, -0.2) is 19.0 Å². The van der Waals surface area contributed by atoms with E-state index in [0.29, 0.717) is 13.2 Å². The van der Waals surface area contributed by atoms with Crippen LogP contribution in [0.25, 0.3) is 0 Å². The van der Waals surface area contributed by atoms with Crippen molar-refractivity contribution < 1.29 is 9.53 Å². The van der Waals surface area contributed by atoms with Crippen LogP contribution in [0, 0.1) is 11.3 Å². The van der Waals surface area contributed by atoms with Gasteiger partial charge in [-0.1, -0.05) is 20.8 Å². The molecule has 0 amide bonds. The van der Waals surface area contributed by atoms with Crippen LogP contribution in [-0.2, 0) is 9.53 Å². The van der Waals surface area contributed by atoms with Crippen LogP contribution in [0.4, 0.5) is 0 Å². The number of carbonyl (C=O) groups excluding carboxylic acids is 1. The van der Waals surface area contributed by atoms with Crippen LogP contribution >= 0.6 is 0 Å². The van der Waals surface area contributed by atoms with Gasteiger partial charge >= 0.3 is 0 Å². The van der Waals surface area contributed by atoms with Gasteiger partial charge in [0.2, 0.25) is 0 Å². The molecule has 2 nitrogen and oxygen atoms in total. The summed E-state index contributed by atoms with van der Waals surface area (Å²) in [6.07, 6.45) is 2.03. The quantitative estimate of drug-likeness (QED) is 0.590. The first kappa shape index (κ1) is 9.72. The summed E-state index contributed by atoms with van der Waals surface area (Å²) in [6.45, 7) is 7.34. The monoisotopic (exact) mass is 170 g/mol. The van der Waals surface area contributed by atoms with Gasteiger partial charge in [0.15, 0.2) is 5.78 Å². The molecule has 2 heteroatoms. The lowest BCUT2D eigenvalue weighted by Gasteiger charge is -2.03. The van der Waals surface area contributed by atoms with Crippen molar-refractivity contribution in [2.75, 3.05) is 13.2 Å². The minimum Gasteiger partial charge on any atom is -0.374 e. The van der Waals surface area contributed by atoms with Crippen LogP contribution in [0.3, 0.4) is 0 Å².